The van der Waals surface area contributed by atoms with Crippen molar-refractivity contribution in [1.82, 2.24) is 4.90 Å². The first-order valence-electron chi connectivity index (χ1n) is 6.39. The number of likely N-dealkylation sites (tertiary alicyclic amines) is 1. The second kappa shape index (κ2) is 4.86. The lowest BCUT2D eigenvalue weighted by Crippen LogP contribution is -2.52. The Balaban J connectivity index is 2.06. The molecule has 2 N–H and O–H groups in total. The van der Waals surface area contributed by atoms with Crippen LogP contribution in [0.1, 0.15) is 45.4 Å². The van der Waals surface area contributed by atoms with Gasteiger partial charge in [0.2, 0.25) is 0 Å². The lowest BCUT2D eigenvalue weighted by Gasteiger charge is -2.44. The van der Waals surface area contributed by atoms with E-state index in [0.29, 0.717) is 6.04 Å². The average Bonchev–Trinajstić information content (AvgIpc) is 2.28. The van der Waals surface area contributed by atoms with E-state index in [-0.39, 0.29) is 0 Å². The first kappa shape index (κ1) is 10.8. The minimum Gasteiger partial charge on any atom is -0.370 e. The van der Waals surface area contributed by atoms with Gasteiger partial charge in [-0.25, -0.2) is 0 Å². The molecule has 0 aromatic heterocycles. The number of hydrogen-bond donors (Lipinski definition) is 1. The van der Waals surface area contributed by atoms with Crippen molar-refractivity contribution in [2.24, 2.45) is 16.6 Å². The maximum atomic E-state index is 6.04. The predicted octanol–water partition coefficient (Wildman–Crippen LogP) is 1.98. The van der Waals surface area contributed by atoms with Crippen LogP contribution in [0.3, 0.4) is 0 Å². The Hall–Kier alpha value is -0.730. The topological polar surface area (TPSA) is 41.6 Å². The monoisotopic (exact) mass is 209 g/mol. The van der Waals surface area contributed by atoms with Gasteiger partial charge in [0, 0.05) is 19.1 Å². The highest BCUT2D eigenvalue weighted by molar-refractivity contribution is 5.78. The molecule has 15 heavy (non-hydrogen) atoms. The highest BCUT2D eigenvalue weighted by atomic mass is 15.3. The van der Waals surface area contributed by atoms with E-state index in [1.807, 2.05) is 0 Å². The van der Waals surface area contributed by atoms with Crippen LogP contribution in [-0.2, 0) is 0 Å². The van der Waals surface area contributed by atoms with Crippen LogP contribution in [0.2, 0.25) is 0 Å². The van der Waals surface area contributed by atoms with Crippen LogP contribution in [0.15, 0.2) is 4.99 Å². The molecule has 2 rings (SSSR count). The Labute approximate surface area is 92.7 Å². The van der Waals surface area contributed by atoms with Gasteiger partial charge in [-0.1, -0.05) is 12.8 Å². The molecule has 0 bridgehead atoms. The van der Waals surface area contributed by atoms with E-state index in [2.05, 4.69) is 16.8 Å². The molecule has 1 saturated carbocycles. The molecule has 0 spiro atoms. The fourth-order valence-corrected chi connectivity index (χ4v) is 3.16. The molecule has 0 aromatic carbocycles. The molecule has 1 saturated heterocycles. The summed E-state index contributed by atoms with van der Waals surface area (Å²) in [4.78, 5) is 6.73. The zero-order valence-electron chi connectivity index (χ0n) is 9.78. The SMILES string of the molecule is CCN=C(N)N1CCC[C@H]2CCCC[C@H]21. The first-order valence-corrected chi connectivity index (χ1v) is 6.39. The number of fused-ring (bicyclic) bond motifs is 1. The predicted molar refractivity (Wildman–Crippen MR) is 63.8 cm³/mol. The number of piperidine rings is 1. The maximum absolute atomic E-state index is 6.04. The van der Waals surface area contributed by atoms with Crippen LogP contribution in [-0.4, -0.2) is 30.0 Å². The molecular formula is C12H23N3. The Kier molecular flexibility index (Phi) is 3.49. The summed E-state index contributed by atoms with van der Waals surface area (Å²) in [6, 6.07) is 0.697. The fourth-order valence-electron chi connectivity index (χ4n) is 3.16. The van der Waals surface area contributed by atoms with Gasteiger partial charge < -0.3 is 10.6 Å². The van der Waals surface area contributed by atoms with Gasteiger partial charge in [-0.05, 0) is 38.5 Å². The third kappa shape index (κ3) is 2.27. The summed E-state index contributed by atoms with van der Waals surface area (Å²) in [7, 11) is 0. The minimum atomic E-state index is 0.697. The summed E-state index contributed by atoms with van der Waals surface area (Å²) < 4.78 is 0. The van der Waals surface area contributed by atoms with E-state index in [1.165, 1.54) is 38.5 Å². The van der Waals surface area contributed by atoms with Crippen LogP contribution < -0.4 is 5.73 Å². The second-order valence-electron chi connectivity index (χ2n) is 4.78. The third-order valence-corrected chi connectivity index (χ3v) is 3.86. The summed E-state index contributed by atoms with van der Waals surface area (Å²) in [5.74, 6) is 1.67. The average molecular weight is 209 g/mol. The van der Waals surface area contributed by atoms with E-state index in [0.717, 1.165) is 25.0 Å². The minimum absolute atomic E-state index is 0.697. The normalized spacial score (nSPS) is 32.6. The molecule has 3 nitrogen and oxygen atoms in total. The number of aliphatic imine (C=N–C) groups is 1. The number of hydrogen-bond acceptors (Lipinski definition) is 1. The zero-order chi connectivity index (χ0) is 10.7. The van der Waals surface area contributed by atoms with Crippen LogP contribution in [0, 0.1) is 5.92 Å². The molecule has 0 amide bonds. The van der Waals surface area contributed by atoms with E-state index < -0.39 is 0 Å². The smallest absolute Gasteiger partial charge is 0.191 e. The highest BCUT2D eigenvalue weighted by Gasteiger charge is 2.33. The van der Waals surface area contributed by atoms with Crippen molar-refractivity contribution < 1.29 is 0 Å². The van der Waals surface area contributed by atoms with Gasteiger partial charge in [-0.15, -0.1) is 0 Å². The van der Waals surface area contributed by atoms with Gasteiger partial charge in [-0.3, -0.25) is 4.99 Å². The van der Waals surface area contributed by atoms with Crippen LogP contribution in [0.25, 0.3) is 0 Å². The molecule has 1 heterocycles. The van der Waals surface area contributed by atoms with Gasteiger partial charge in [0.15, 0.2) is 5.96 Å². The molecule has 2 aliphatic rings. The Bertz CT molecular complexity index is 235. The third-order valence-electron chi connectivity index (χ3n) is 3.86. The second-order valence-corrected chi connectivity index (χ2v) is 4.78. The zero-order valence-corrected chi connectivity index (χ0v) is 9.78. The van der Waals surface area contributed by atoms with Crippen LogP contribution in [0.5, 0.6) is 0 Å². The maximum Gasteiger partial charge on any atom is 0.191 e. The van der Waals surface area contributed by atoms with Crippen molar-refractivity contribution in [3.8, 4) is 0 Å². The van der Waals surface area contributed by atoms with Crippen molar-refractivity contribution in [1.29, 1.82) is 0 Å². The molecular weight excluding hydrogens is 186 g/mol. The number of nitrogens with two attached hydrogens (primary N) is 1. The van der Waals surface area contributed by atoms with Crippen molar-refractivity contribution >= 4 is 5.96 Å². The van der Waals surface area contributed by atoms with Crippen molar-refractivity contribution in [3.63, 3.8) is 0 Å². The molecule has 86 valence electrons. The van der Waals surface area contributed by atoms with Crippen molar-refractivity contribution in [3.05, 3.63) is 0 Å². The number of guanidine groups is 1. The Morgan fingerprint density at radius 3 is 2.80 bits per heavy atom. The quantitative estimate of drug-likeness (QED) is 0.530. The van der Waals surface area contributed by atoms with E-state index in [1.54, 1.807) is 0 Å². The lowest BCUT2D eigenvalue weighted by molar-refractivity contribution is 0.118. The fraction of sp³-hybridized carbons (Fsp3) is 0.917. The Morgan fingerprint density at radius 1 is 1.27 bits per heavy atom. The van der Waals surface area contributed by atoms with Gasteiger partial charge in [-0.2, -0.15) is 0 Å². The van der Waals surface area contributed by atoms with Crippen LogP contribution in [0.4, 0.5) is 0 Å². The first-order chi connectivity index (χ1) is 7.33. The summed E-state index contributed by atoms with van der Waals surface area (Å²) in [5.41, 5.74) is 6.04. The van der Waals surface area contributed by atoms with Gasteiger partial charge in [0.25, 0.3) is 0 Å². The van der Waals surface area contributed by atoms with Crippen LogP contribution >= 0.6 is 0 Å². The van der Waals surface area contributed by atoms with Gasteiger partial charge >= 0.3 is 0 Å². The molecule has 2 fully saturated rings. The molecule has 1 aliphatic heterocycles. The summed E-state index contributed by atoms with van der Waals surface area (Å²) in [6.07, 6.45) is 8.21. The van der Waals surface area contributed by atoms with Crippen molar-refractivity contribution in [2.45, 2.75) is 51.5 Å². The van der Waals surface area contributed by atoms with E-state index >= 15 is 0 Å². The van der Waals surface area contributed by atoms with E-state index in [9.17, 15) is 0 Å². The summed E-state index contributed by atoms with van der Waals surface area (Å²) >= 11 is 0. The molecule has 1 aliphatic carbocycles. The van der Waals surface area contributed by atoms with E-state index in [4.69, 9.17) is 5.73 Å². The lowest BCUT2D eigenvalue weighted by atomic mass is 9.78. The van der Waals surface area contributed by atoms with Gasteiger partial charge in [0.05, 0.1) is 0 Å². The van der Waals surface area contributed by atoms with Crippen molar-refractivity contribution in [2.75, 3.05) is 13.1 Å². The molecule has 0 aromatic rings. The summed E-state index contributed by atoms with van der Waals surface area (Å²) in [5, 5.41) is 0. The molecule has 2 atom stereocenters. The number of nitrogens with zero attached hydrogens (tertiary/aromatic N) is 2. The van der Waals surface area contributed by atoms with Gasteiger partial charge in [0.1, 0.15) is 0 Å². The standard InChI is InChI=1S/C12H23N3/c1-2-14-12(13)15-9-5-7-10-6-3-4-8-11(10)15/h10-11H,2-9H2,1H3,(H2,13,14)/t10-,11-/m1/s1. The summed E-state index contributed by atoms with van der Waals surface area (Å²) in [6.45, 7) is 3.98. The largest absolute Gasteiger partial charge is 0.370 e. The number of rotatable bonds is 1. The Morgan fingerprint density at radius 2 is 2.00 bits per heavy atom. The molecule has 0 unspecified atom stereocenters. The molecule has 3 heteroatoms. The highest BCUT2D eigenvalue weighted by Crippen LogP contribution is 2.34. The molecule has 0 radical (unpaired) electrons.